The van der Waals surface area contributed by atoms with E-state index in [1.807, 2.05) is 0 Å². The Kier molecular flexibility index (Phi) is 2.11. The van der Waals surface area contributed by atoms with Gasteiger partial charge >= 0.3 is 0 Å². The average Bonchev–Trinajstić information content (AvgIpc) is 2.03. The van der Waals surface area contributed by atoms with Crippen LogP contribution in [0, 0.1) is 12.3 Å². The number of aliphatic hydroxyl groups is 1. The Balaban J connectivity index is 3.02. The lowest BCUT2D eigenvalue weighted by Crippen LogP contribution is -2.19. The minimum Gasteiger partial charge on any atom is -0.382 e. The molecule has 1 rings (SSSR count). The van der Waals surface area contributed by atoms with Crippen molar-refractivity contribution in [3.05, 3.63) is 23.8 Å². The topological polar surface area (TPSA) is 46.0 Å². The van der Waals surface area contributed by atoms with Gasteiger partial charge < -0.3 is 5.11 Å². The fourth-order valence-corrected chi connectivity index (χ4v) is 0.719. The molecule has 0 aliphatic rings. The molecule has 0 radical (unpaired) electrons. The summed E-state index contributed by atoms with van der Waals surface area (Å²) in [6.07, 6.45) is 8.14. The predicted octanol–water partition coefficient (Wildman–Crippen LogP) is 0.685. The molecule has 1 aromatic rings. The Morgan fingerprint density at radius 1 is 1.42 bits per heavy atom. The molecule has 0 aliphatic carbocycles. The zero-order valence-corrected chi connectivity index (χ0v) is 7.07. The highest BCUT2D eigenvalue weighted by atomic mass is 16.3. The predicted molar refractivity (Wildman–Crippen MR) is 45.2 cm³/mol. The molecule has 0 aromatic carbocycles. The van der Waals surface area contributed by atoms with E-state index in [1.165, 1.54) is 12.4 Å². The molecule has 0 bridgehead atoms. The van der Waals surface area contributed by atoms with Gasteiger partial charge in [0.2, 0.25) is 0 Å². The molecule has 0 atom stereocenters. The first-order valence-electron chi connectivity index (χ1n) is 3.55. The van der Waals surface area contributed by atoms with Gasteiger partial charge in [0.05, 0.1) is 5.56 Å². The maximum absolute atomic E-state index is 9.48. The first-order chi connectivity index (χ1) is 5.54. The fraction of sp³-hybridized carbons (Fsp3) is 0.333. The third kappa shape index (κ3) is 1.80. The molecular weight excluding hydrogens is 152 g/mol. The van der Waals surface area contributed by atoms with E-state index in [2.05, 4.69) is 15.9 Å². The fourth-order valence-electron chi connectivity index (χ4n) is 0.719. The van der Waals surface area contributed by atoms with Crippen LogP contribution in [0.15, 0.2) is 12.4 Å². The summed E-state index contributed by atoms with van der Waals surface area (Å²) in [5, 5.41) is 9.48. The van der Waals surface area contributed by atoms with Crippen LogP contribution in [-0.2, 0) is 5.60 Å². The third-order valence-electron chi connectivity index (χ3n) is 1.37. The summed E-state index contributed by atoms with van der Waals surface area (Å²) in [6.45, 7) is 3.25. The van der Waals surface area contributed by atoms with Crippen LogP contribution in [0.4, 0.5) is 0 Å². The molecule has 3 nitrogen and oxygen atoms in total. The average molecular weight is 162 g/mol. The van der Waals surface area contributed by atoms with Gasteiger partial charge in [0.1, 0.15) is 5.60 Å². The van der Waals surface area contributed by atoms with E-state index >= 15 is 0 Å². The first kappa shape index (κ1) is 8.69. The van der Waals surface area contributed by atoms with E-state index < -0.39 is 5.60 Å². The van der Waals surface area contributed by atoms with Crippen LogP contribution in [0.3, 0.4) is 0 Å². The van der Waals surface area contributed by atoms with Crippen molar-refractivity contribution in [3.8, 4) is 12.3 Å². The van der Waals surface area contributed by atoms with Gasteiger partial charge in [-0.25, -0.2) is 9.97 Å². The van der Waals surface area contributed by atoms with Gasteiger partial charge in [0.15, 0.2) is 5.82 Å². The Hall–Kier alpha value is -1.40. The molecule has 0 unspecified atom stereocenters. The molecule has 0 amide bonds. The molecule has 0 saturated heterocycles. The standard InChI is InChI=1S/C9H10N2O/c1-4-7-5-10-8(11-6-7)9(2,3)12/h1,5-6,12H,2-3H3. The Morgan fingerprint density at radius 3 is 2.25 bits per heavy atom. The van der Waals surface area contributed by atoms with Crippen molar-refractivity contribution >= 4 is 0 Å². The van der Waals surface area contributed by atoms with Gasteiger partial charge in [0.25, 0.3) is 0 Å². The molecule has 0 fully saturated rings. The van der Waals surface area contributed by atoms with Crippen molar-refractivity contribution in [2.45, 2.75) is 19.4 Å². The first-order valence-corrected chi connectivity index (χ1v) is 3.55. The summed E-state index contributed by atoms with van der Waals surface area (Å²) in [5.41, 5.74) is -0.393. The van der Waals surface area contributed by atoms with Crippen LogP contribution in [0.25, 0.3) is 0 Å². The number of hydrogen-bond acceptors (Lipinski definition) is 3. The quantitative estimate of drug-likeness (QED) is 0.618. The van der Waals surface area contributed by atoms with Crippen molar-refractivity contribution in [1.29, 1.82) is 0 Å². The number of aromatic nitrogens is 2. The second-order valence-electron chi connectivity index (χ2n) is 3.00. The van der Waals surface area contributed by atoms with Crippen LogP contribution in [0.2, 0.25) is 0 Å². The Morgan fingerprint density at radius 2 is 1.92 bits per heavy atom. The zero-order chi connectivity index (χ0) is 9.19. The number of rotatable bonds is 1. The summed E-state index contributed by atoms with van der Waals surface area (Å²) in [7, 11) is 0. The maximum atomic E-state index is 9.48. The lowest BCUT2D eigenvalue weighted by molar-refractivity contribution is 0.0687. The maximum Gasteiger partial charge on any atom is 0.159 e. The summed E-state index contributed by atoms with van der Waals surface area (Å²) < 4.78 is 0. The molecule has 0 spiro atoms. The van der Waals surface area contributed by atoms with E-state index in [0.717, 1.165) is 0 Å². The van der Waals surface area contributed by atoms with Crippen LogP contribution >= 0.6 is 0 Å². The van der Waals surface area contributed by atoms with Gasteiger partial charge in [-0.3, -0.25) is 0 Å². The summed E-state index contributed by atoms with van der Waals surface area (Å²) in [5.74, 6) is 2.78. The minimum atomic E-state index is -1.01. The largest absolute Gasteiger partial charge is 0.382 e. The molecule has 0 saturated carbocycles. The van der Waals surface area contributed by atoms with Crippen molar-refractivity contribution in [2.24, 2.45) is 0 Å². The molecule has 0 aliphatic heterocycles. The van der Waals surface area contributed by atoms with E-state index in [1.54, 1.807) is 13.8 Å². The van der Waals surface area contributed by atoms with Crippen LogP contribution in [-0.4, -0.2) is 15.1 Å². The van der Waals surface area contributed by atoms with Crippen LogP contribution in [0.5, 0.6) is 0 Å². The monoisotopic (exact) mass is 162 g/mol. The molecular formula is C9H10N2O. The van der Waals surface area contributed by atoms with E-state index in [9.17, 15) is 5.11 Å². The van der Waals surface area contributed by atoms with Crippen molar-refractivity contribution in [3.63, 3.8) is 0 Å². The number of terminal acetylenes is 1. The van der Waals surface area contributed by atoms with E-state index in [4.69, 9.17) is 6.42 Å². The normalized spacial score (nSPS) is 10.8. The van der Waals surface area contributed by atoms with Crippen molar-refractivity contribution in [1.82, 2.24) is 9.97 Å². The van der Waals surface area contributed by atoms with Crippen molar-refractivity contribution < 1.29 is 5.11 Å². The minimum absolute atomic E-state index is 0.376. The van der Waals surface area contributed by atoms with Gasteiger partial charge in [0, 0.05) is 12.4 Å². The smallest absolute Gasteiger partial charge is 0.159 e. The van der Waals surface area contributed by atoms with Gasteiger partial charge in [-0.15, -0.1) is 6.42 Å². The molecule has 62 valence electrons. The lowest BCUT2D eigenvalue weighted by atomic mass is 10.1. The second-order valence-corrected chi connectivity index (χ2v) is 3.00. The highest BCUT2D eigenvalue weighted by Crippen LogP contribution is 2.13. The molecule has 1 aromatic heterocycles. The Labute approximate surface area is 71.5 Å². The van der Waals surface area contributed by atoms with Crippen LogP contribution < -0.4 is 0 Å². The lowest BCUT2D eigenvalue weighted by Gasteiger charge is -2.14. The molecule has 3 heteroatoms. The number of nitrogens with zero attached hydrogens (tertiary/aromatic N) is 2. The van der Waals surface area contributed by atoms with Crippen molar-refractivity contribution in [2.75, 3.05) is 0 Å². The molecule has 12 heavy (non-hydrogen) atoms. The highest BCUT2D eigenvalue weighted by molar-refractivity contribution is 5.26. The van der Waals surface area contributed by atoms with Gasteiger partial charge in [-0.1, -0.05) is 5.92 Å². The summed E-state index contributed by atoms with van der Waals surface area (Å²) in [4.78, 5) is 7.83. The molecule has 1 heterocycles. The van der Waals surface area contributed by atoms with Gasteiger partial charge in [-0.2, -0.15) is 0 Å². The van der Waals surface area contributed by atoms with E-state index in [-0.39, 0.29) is 0 Å². The zero-order valence-electron chi connectivity index (χ0n) is 7.07. The number of hydrogen-bond donors (Lipinski definition) is 1. The third-order valence-corrected chi connectivity index (χ3v) is 1.37. The second kappa shape index (κ2) is 2.92. The molecule has 1 N–H and O–H groups in total. The summed E-state index contributed by atoms with van der Waals surface area (Å²) in [6, 6.07) is 0. The van der Waals surface area contributed by atoms with Gasteiger partial charge in [-0.05, 0) is 13.8 Å². The SMILES string of the molecule is C#Cc1cnc(C(C)(C)O)nc1. The van der Waals surface area contributed by atoms with E-state index in [0.29, 0.717) is 11.4 Å². The summed E-state index contributed by atoms with van der Waals surface area (Å²) >= 11 is 0. The Bertz CT molecular complexity index is 303. The highest BCUT2D eigenvalue weighted by Gasteiger charge is 2.18. The van der Waals surface area contributed by atoms with Crippen LogP contribution in [0.1, 0.15) is 25.2 Å².